The van der Waals surface area contributed by atoms with E-state index in [9.17, 15) is 14.9 Å². The van der Waals surface area contributed by atoms with Gasteiger partial charge in [-0.25, -0.2) is 4.79 Å². The van der Waals surface area contributed by atoms with Crippen LogP contribution in [0.1, 0.15) is 12.7 Å². The molecule has 1 amide bonds. The Balaban J connectivity index is 1.72. The maximum absolute atomic E-state index is 11.7. The number of para-hydroxylation sites is 1. The molecule has 0 aliphatic heterocycles. The molecule has 0 fully saturated rings. The average molecular weight is 339 g/mol. The first-order chi connectivity index (χ1) is 12.0. The van der Waals surface area contributed by atoms with Crippen LogP contribution in [-0.2, 0) is 4.84 Å². The SMILES string of the molecule is C/C(=N\OC(=O)Nc1ccccc1)c1cc2cc([N+](=O)[O-])ccc2o1. The molecule has 8 nitrogen and oxygen atoms in total. The Labute approximate surface area is 141 Å². The first-order valence-electron chi connectivity index (χ1n) is 7.29. The van der Waals surface area contributed by atoms with Crippen LogP contribution in [0.4, 0.5) is 16.2 Å². The number of nitrogens with one attached hydrogen (secondary N) is 1. The summed E-state index contributed by atoms with van der Waals surface area (Å²) >= 11 is 0. The molecule has 0 bridgehead atoms. The van der Waals surface area contributed by atoms with Crippen molar-refractivity contribution in [2.75, 3.05) is 5.32 Å². The van der Waals surface area contributed by atoms with E-state index in [0.717, 1.165) is 0 Å². The van der Waals surface area contributed by atoms with Crippen molar-refractivity contribution in [3.8, 4) is 0 Å². The molecule has 0 spiro atoms. The van der Waals surface area contributed by atoms with Crippen LogP contribution in [0.2, 0.25) is 0 Å². The number of nitro groups is 1. The number of hydrogen-bond acceptors (Lipinski definition) is 6. The first kappa shape index (κ1) is 16.2. The van der Waals surface area contributed by atoms with E-state index in [2.05, 4.69) is 10.5 Å². The summed E-state index contributed by atoms with van der Waals surface area (Å²) in [4.78, 5) is 26.8. The molecule has 1 aromatic heterocycles. The van der Waals surface area contributed by atoms with Crippen molar-refractivity contribution in [3.05, 3.63) is 70.5 Å². The van der Waals surface area contributed by atoms with Gasteiger partial charge in [-0.05, 0) is 31.2 Å². The fourth-order valence-corrected chi connectivity index (χ4v) is 2.14. The Morgan fingerprint density at radius 3 is 2.68 bits per heavy atom. The molecule has 8 heteroatoms. The number of anilines is 1. The number of non-ortho nitro benzene ring substituents is 1. The van der Waals surface area contributed by atoms with Gasteiger partial charge in [-0.2, -0.15) is 0 Å². The largest absolute Gasteiger partial charge is 0.455 e. The highest BCUT2D eigenvalue weighted by molar-refractivity contribution is 6.00. The summed E-state index contributed by atoms with van der Waals surface area (Å²) in [6, 6.07) is 14.7. The van der Waals surface area contributed by atoms with Crippen LogP contribution in [-0.4, -0.2) is 16.7 Å². The molecule has 1 heterocycles. The minimum atomic E-state index is -0.739. The summed E-state index contributed by atoms with van der Waals surface area (Å²) in [7, 11) is 0. The molecule has 25 heavy (non-hydrogen) atoms. The Bertz CT molecular complexity index is 963. The Morgan fingerprint density at radius 2 is 1.96 bits per heavy atom. The molecule has 1 N–H and O–H groups in total. The molecule has 0 aliphatic rings. The van der Waals surface area contributed by atoms with Gasteiger partial charge in [-0.1, -0.05) is 23.4 Å². The molecule has 0 unspecified atom stereocenters. The predicted octanol–water partition coefficient (Wildman–Crippen LogP) is 4.31. The van der Waals surface area contributed by atoms with Gasteiger partial charge in [0, 0.05) is 23.2 Å². The standard InChI is InChI=1S/C17H13N3O5/c1-11(19-25-17(21)18-13-5-3-2-4-6-13)16-10-12-9-14(20(22)23)7-8-15(12)24-16/h2-10H,1H3,(H,18,21)/b19-11+. The summed E-state index contributed by atoms with van der Waals surface area (Å²) < 4.78 is 5.55. The highest BCUT2D eigenvalue weighted by atomic mass is 16.7. The van der Waals surface area contributed by atoms with E-state index in [1.54, 1.807) is 37.3 Å². The van der Waals surface area contributed by atoms with E-state index in [4.69, 9.17) is 9.25 Å². The van der Waals surface area contributed by atoms with Crippen molar-refractivity contribution < 1.29 is 19.0 Å². The number of carbonyl (C=O) groups excluding carboxylic acids is 1. The van der Waals surface area contributed by atoms with E-state index in [0.29, 0.717) is 28.1 Å². The van der Waals surface area contributed by atoms with Crippen LogP contribution in [0.25, 0.3) is 11.0 Å². The van der Waals surface area contributed by atoms with Gasteiger partial charge >= 0.3 is 6.09 Å². The van der Waals surface area contributed by atoms with Crippen LogP contribution in [0.3, 0.4) is 0 Å². The fourth-order valence-electron chi connectivity index (χ4n) is 2.14. The Morgan fingerprint density at radius 1 is 1.20 bits per heavy atom. The maximum atomic E-state index is 11.7. The molecular weight excluding hydrogens is 326 g/mol. The first-order valence-corrected chi connectivity index (χ1v) is 7.29. The molecular formula is C17H13N3O5. The molecule has 3 aromatic rings. The predicted molar refractivity (Wildman–Crippen MR) is 91.6 cm³/mol. The van der Waals surface area contributed by atoms with Crippen LogP contribution in [0, 0.1) is 10.1 Å². The summed E-state index contributed by atoms with van der Waals surface area (Å²) in [6.45, 7) is 1.60. The Kier molecular flexibility index (Phi) is 4.42. The Hall–Kier alpha value is -3.68. The lowest BCUT2D eigenvalue weighted by molar-refractivity contribution is -0.384. The molecule has 0 saturated carbocycles. The number of carbonyl (C=O) groups is 1. The molecule has 2 aromatic carbocycles. The summed E-state index contributed by atoms with van der Waals surface area (Å²) in [5.41, 5.74) is 1.34. The van der Waals surface area contributed by atoms with Gasteiger partial charge in [-0.3, -0.25) is 20.3 Å². The lowest BCUT2D eigenvalue weighted by Crippen LogP contribution is -2.11. The normalized spacial score (nSPS) is 11.3. The van der Waals surface area contributed by atoms with Gasteiger partial charge in [0.2, 0.25) is 0 Å². The minimum Gasteiger partial charge on any atom is -0.455 e. The maximum Gasteiger partial charge on any atom is 0.437 e. The zero-order valence-corrected chi connectivity index (χ0v) is 13.1. The summed E-state index contributed by atoms with van der Waals surface area (Å²) in [5, 5.41) is 17.6. The van der Waals surface area contributed by atoms with E-state index in [1.165, 1.54) is 18.2 Å². The lowest BCUT2D eigenvalue weighted by Gasteiger charge is -2.02. The van der Waals surface area contributed by atoms with Crippen molar-refractivity contribution in [2.45, 2.75) is 6.92 Å². The van der Waals surface area contributed by atoms with Crippen molar-refractivity contribution >= 4 is 34.1 Å². The molecule has 0 radical (unpaired) electrons. The number of fused-ring (bicyclic) bond motifs is 1. The number of amides is 1. The molecule has 0 atom stereocenters. The quantitative estimate of drug-likeness (QED) is 0.330. The molecule has 0 aliphatic carbocycles. The fraction of sp³-hybridized carbons (Fsp3) is 0.0588. The van der Waals surface area contributed by atoms with Crippen molar-refractivity contribution in [2.24, 2.45) is 5.16 Å². The zero-order valence-electron chi connectivity index (χ0n) is 13.1. The third kappa shape index (κ3) is 3.81. The average Bonchev–Trinajstić information content (AvgIpc) is 3.03. The van der Waals surface area contributed by atoms with Crippen LogP contribution in [0.5, 0.6) is 0 Å². The van der Waals surface area contributed by atoms with Crippen molar-refractivity contribution in [1.82, 2.24) is 0 Å². The second kappa shape index (κ2) is 6.83. The monoisotopic (exact) mass is 339 g/mol. The highest BCUT2D eigenvalue weighted by Crippen LogP contribution is 2.24. The van der Waals surface area contributed by atoms with Crippen LogP contribution < -0.4 is 5.32 Å². The topological polar surface area (TPSA) is 107 Å². The molecule has 3 rings (SSSR count). The number of furan rings is 1. The van der Waals surface area contributed by atoms with Gasteiger partial charge in [0.25, 0.3) is 5.69 Å². The highest BCUT2D eigenvalue weighted by Gasteiger charge is 2.12. The minimum absolute atomic E-state index is 0.0343. The van der Waals surface area contributed by atoms with Gasteiger partial charge in [-0.15, -0.1) is 0 Å². The number of benzene rings is 2. The van der Waals surface area contributed by atoms with Crippen LogP contribution in [0.15, 0.2) is 64.2 Å². The molecule has 126 valence electrons. The van der Waals surface area contributed by atoms with E-state index in [1.807, 2.05) is 6.07 Å². The smallest absolute Gasteiger partial charge is 0.437 e. The van der Waals surface area contributed by atoms with Gasteiger partial charge < -0.3 is 4.42 Å². The lowest BCUT2D eigenvalue weighted by atomic mass is 10.2. The van der Waals surface area contributed by atoms with Gasteiger partial charge in [0.1, 0.15) is 11.3 Å². The van der Waals surface area contributed by atoms with Crippen LogP contribution >= 0.6 is 0 Å². The number of hydrogen-bond donors (Lipinski definition) is 1. The second-order valence-corrected chi connectivity index (χ2v) is 5.14. The summed E-state index contributed by atoms with van der Waals surface area (Å²) in [6.07, 6.45) is -0.739. The number of rotatable bonds is 4. The summed E-state index contributed by atoms with van der Waals surface area (Å²) in [5.74, 6) is 0.350. The van der Waals surface area contributed by atoms with Gasteiger partial charge in [0.15, 0.2) is 5.76 Å². The number of oxime groups is 1. The zero-order chi connectivity index (χ0) is 17.8. The third-order valence-electron chi connectivity index (χ3n) is 3.35. The van der Waals surface area contributed by atoms with E-state index in [-0.39, 0.29) is 5.69 Å². The second-order valence-electron chi connectivity index (χ2n) is 5.14. The van der Waals surface area contributed by atoms with E-state index < -0.39 is 11.0 Å². The molecule has 0 saturated heterocycles. The number of nitro benzene ring substituents is 1. The van der Waals surface area contributed by atoms with Crippen molar-refractivity contribution in [3.63, 3.8) is 0 Å². The van der Waals surface area contributed by atoms with Crippen molar-refractivity contribution in [1.29, 1.82) is 0 Å². The van der Waals surface area contributed by atoms with E-state index >= 15 is 0 Å². The van der Waals surface area contributed by atoms with Gasteiger partial charge in [0.05, 0.1) is 4.92 Å². The third-order valence-corrected chi connectivity index (χ3v) is 3.35. The number of nitrogens with zero attached hydrogens (tertiary/aromatic N) is 2.